The van der Waals surface area contributed by atoms with E-state index in [1.54, 1.807) is 12.4 Å². The number of aromatic nitrogens is 2. The van der Waals surface area contributed by atoms with Gasteiger partial charge in [-0.05, 0) is 37.1 Å². The van der Waals surface area contributed by atoms with Crippen LogP contribution in [0.4, 0.5) is 105 Å². The van der Waals surface area contributed by atoms with Crippen molar-refractivity contribution in [3.63, 3.8) is 0 Å². The number of ketones is 1. The van der Waals surface area contributed by atoms with Gasteiger partial charge in [0.1, 0.15) is 12.3 Å². The Balaban J connectivity index is 0.000000387. The first-order valence-corrected chi connectivity index (χ1v) is 22.4. The topological polar surface area (TPSA) is 33.8 Å². The highest BCUT2D eigenvalue weighted by atomic mass is 19.4. The highest BCUT2D eigenvalue weighted by Crippen LogP contribution is 2.41. The van der Waals surface area contributed by atoms with E-state index in [1.165, 1.54) is 24.8 Å². The van der Waals surface area contributed by atoms with Crippen molar-refractivity contribution >= 4 is 33.8 Å². The van der Waals surface area contributed by atoms with Gasteiger partial charge in [-0.2, -0.15) is 132 Å². The van der Waals surface area contributed by atoms with E-state index in [-0.39, 0.29) is 11.7 Å². The Kier molecular flexibility index (Phi) is 16.6. The first kappa shape index (κ1) is 60.5. The van der Waals surface area contributed by atoms with E-state index in [4.69, 9.17) is 0 Å². The molecule has 0 spiro atoms. The zero-order valence-electron chi connectivity index (χ0n) is 38.8. The van der Waals surface area contributed by atoms with Crippen LogP contribution in [0.2, 0.25) is 0 Å². The number of halogens is 24. The van der Waals surface area contributed by atoms with Gasteiger partial charge in [-0.25, -0.2) is 0 Å². The minimum atomic E-state index is -6.13. The predicted octanol–water partition coefficient (Wildman–Crippen LogP) is 14.4. The Morgan fingerprint density at radius 1 is 0.423 bits per heavy atom. The average molecular weight is 1140 g/mol. The van der Waals surface area contributed by atoms with E-state index >= 15 is 0 Å². The molecule has 1 fully saturated rings. The fourth-order valence-electron chi connectivity index (χ4n) is 9.15. The van der Waals surface area contributed by atoms with Crippen molar-refractivity contribution in [2.24, 2.45) is 5.92 Å². The van der Waals surface area contributed by atoms with E-state index < -0.39 is 195 Å². The summed E-state index contributed by atoms with van der Waals surface area (Å²) in [5.74, 6) is 0.448. The van der Waals surface area contributed by atoms with Crippen LogP contribution in [0.5, 0.6) is 0 Å². The highest BCUT2D eigenvalue weighted by molar-refractivity contribution is 7.20. The van der Waals surface area contributed by atoms with E-state index in [9.17, 15) is 110 Å². The molecular weight excluding hydrogens is 1110 g/mol. The van der Waals surface area contributed by atoms with Crippen molar-refractivity contribution in [2.75, 3.05) is 0 Å². The molecule has 1 saturated carbocycles. The number of benzene rings is 5. The summed E-state index contributed by atoms with van der Waals surface area (Å²) < 4.78 is 343. The predicted molar refractivity (Wildman–Crippen MR) is 231 cm³/mol. The number of carbonyl (C=O) groups is 1. The second-order valence-corrected chi connectivity index (χ2v) is 18.0. The van der Waals surface area contributed by atoms with Crippen molar-refractivity contribution in [3.05, 3.63) is 177 Å². The molecule has 1 aromatic heterocycles. The van der Waals surface area contributed by atoms with Gasteiger partial charge in [0.2, 0.25) is 5.78 Å². The van der Waals surface area contributed by atoms with Crippen molar-refractivity contribution in [3.8, 4) is 0 Å². The number of carbonyl (C=O) groups excluding carboxylic acids is 1. The van der Waals surface area contributed by atoms with Crippen LogP contribution >= 0.6 is 0 Å². The van der Waals surface area contributed by atoms with Crippen LogP contribution in [-0.2, 0) is 56.0 Å². The van der Waals surface area contributed by atoms with Gasteiger partial charge in [-0.1, -0.05) is 98.1 Å². The number of rotatable bonds is 8. The second kappa shape index (κ2) is 21.5. The summed E-state index contributed by atoms with van der Waals surface area (Å²) in [5.41, 5.74) is -28.3. The molecule has 0 unspecified atom stereocenters. The summed E-state index contributed by atoms with van der Waals surface area (Å²) in [6.07, 6.45) is -43.8. The van der Waals surface area contributed by atoms with Crippen molar-refractivity contribution < 1.29 is 115 Å². The minimum absolute atomic E-state index is 0.185. The lowest BCUT2D eigenvalue weighted by Crippen LogP contribution is -2.75. The van der Waals surface area contributed by atoms with E-state index in [0.29, 0.717) is 0 Å². The molecule has 0 N–H and O–H groups in total. The van der Waals surface area contributed by atoms with Crippen LogP contribution < -0.4 is 26.4 Å². The number of hydrogen-bond donors (Lipinski definition) is 0. The number of Topliss-reactive ketones (excluding diaryl/α,β-unsaturated/α-hetero) is 1. The molecular formula is C50H33BF24N2O. The Morgan fingerprint density at radius 2 is 0.705 bits per heavy atom. The molecule has 7 rings (SSSR count). The first-order chi connectivity index (χ1) is 35.6. The summed E-state index contributed by atoms with van der Waals surface area (Å²) in [7, 11) is 0. The third-order valence-corrected chi connectivity index (χ3v) is 12.7. The van der Waals surface area contributed by atoms with Gasteiger partial charge < -0.3 is 0 Å². The van der Waals surface area contributed by atoms with Crippen LogP contribution in [0.15, 0.2) is 122 Å². The normalized spacial score (nSPS) is 14.7. The quantitative estimate of drug-likeness (QED) is 0.0659. The average Bonchev–Trinajstić information content (AvgIpc) is 3.32. The molecule has 0 atom stereocenters. The zero-order chi connectivity index (χ0) is 58.4. The minimum Gasteiger partial charge on any atom is -0.287 e. The molecule has 6 aromatic rings. The van der Waals surface area contributed by atoms with Gasteiger partial charge in [0.05, 0.1) is 50.7 Å². The number of hydrogen-bond acceptors (Lipinski definition) is 2. The molecule has 0 amide bonds. The summed E-state index contributed by atoms with van der Waals surface area (Å²) in [6.45, 7) is 0.719. The maximum absolute atomic E-state index is 14.2. The third-order valence-electron chi connectivity index (χ3n) is 12.7. The Bertz CT molecular complexity index is 2670. The fraction of sp³-hybridized carbons (Fsp3) is 0.300. The molecule has 1 aliphatic carbocycles. The molecule has 28 heteroatoms. The van der Waals surface area contributed by atoms with Gasteiger partial charge >= 0.3 is 49.4 Å². The molecule has 0 bridgehead atoms. The maximum Gasteiger partial charge on any atom is 0.416 e. The zero-order valence-corrected chi connectivity index (χ0v) is 38.8. The molecule has 0 radical (unpaired) electrons. The van der Waals surface area contributed by atoms with E-state index in [2.05, 4.69) is 17.1 Å². The summed E-state index contributed by atoms with van der Waals surface area (Å²) in [6, 6.07) is 1.42. The molecule has 0 saturated heterocycles. The Morgan fingerprint density at radius 3 is 0.974 bits per heavy atom. The molecule has 78 heavy (non-hydrogen) atoms. The summed E-state index contributed by atoms with van der Waals surface area (Å²) in [5, 5.41) is 0. The largest absolute Gasteiger partial charge is 0.416 e. The molecule has 1 aliphatic rings. The SMILES string of the molecule is FC(F)(F)c1cc([B-](c2cc(C(F)(F)F)cc(C(F)(F)F)c2)(c2cc(C(F)(F)F)cc(C(F)(F)F)c2)c2cc(C(F)(F)F)cc(C(F)(F)F)c2)cc(C(F)(F)F)c1.O=C(c1cncc[n+]1Cc1ccccc1)C1CCCCC1. The first-order valence-electron chi connectivity index (χ1n) is 22.4. The van der Waals surface area contributed by atoms with Gasteiger partial charge in [0.25, 0.3) is 5.69 Å². The fourth-order valence-corrected chi connectivity index (χ4v) is 9.15. The highest BCUT2D eigenvalue weighted by Gasteiger charge is 2.47. The molecule has 0 aliphatic heterocycles. The molecule has 420 valence electrons. The lowest BCUT2D eigenvalue weighted by Gasteiger charge is -2.46. The van der Waals surface area contributed by atoms with Gasteiger partial charge in [0, 0.05) is 11.5 Å². The van der Waals surface area contributed by atoms with Crippen molar-refractivity contribution in [1.29, 1.82) is 0 Å². The molecule has 3 nitrogen and oxygen atoms in total. The number of alkyl halides is 24. The summed E-state index contributed by atoms with van der Waals surface area (Å²) >= 11 is 0. The standard InChI is InChI=1S/C32H12BF24.C18H21N2O/c34-25(35,36)13-1-14(26(37,38)39)6-21(5-13)33(22-7-15(27(40,41)42)2-16(8-22)28(43,44)45,23-9-17(29(46,47)48)3-18(10-23)30(49,50)51)24-11-19(31(52,53)54)4-20(12-24)32(55,56)57;21-18(16-9-5-2-6-10-16)17-13-19-11-12-20(17)14-15-7-3-1-4-8-15/h1-12H;1,3-4,7-8,11-13,16H,2,5-6,9-10,14H2/q-1;+1. The van der Waals surface area contributed by atoms with Gasteiger partial charge in [-0.15, -0.1) is 0 Å². The third kappa shape index (κ3) is 13.9. The van der Waals surface area contributed by atoms with Gasteiger partial charge in [0.15, 0.2) is 12.7 Å². The van der Waals surface area contributed by atoms with Crippen molar-refractivity contribution in [2.45, 2.75) is 88.1 Å². The van der Waals surface area contributed by atoms with Gasteiger partial charge in [-0.3, -0.25) is 9.78 Å². The van der Waals surface area contributed by atoms with Crippen molar-refractivity contribution in [1.82, 2.24) is 4.98 Å². The monoisotopic (exact) mass is 1140 g/mol. The maximum atomic E-state index is 14.2. The van der Waals surface area contributed by atoms with Crippen LogP contribution in [0.1, 0.15) is 92.7 Å². The molecule has 5 aromatic carbocycles. The lowest BCUT2D eigenvalue weighted by molar-refractivity contribution is -0.690. The smallest absolute Gasteiger partial charge is 0.287 e. The van der Waals surface area contributed by atoms with E-state index in [0.717, 1.165) is 25.1 Å². The van der Waals surface area contributed by atoms with Crippen LogP contribution in [-0.4, -0.2) is 16.9 Å². The number of nitrogens with zero attached hydrogens (tertiary/aromatic N) is 2. The van der Waals surface area contributed by atoms with Crippen LogP contribution in [0.3, 0.4) is 0 Å². The summed E-state index contributed by atoms with van der Waals surface area (Å²) in [4.78, 5) is 16.9. The Labute approximate surface area is 424 Å². The second-order valence-electron chi connectivity index (χ2n) is 18.0. The molecule has 1 heterocycles. The lowest BCUT2D eigenvalue weighted by atomic mass is 9.12. The van der Waals surface area contributed by atoms with Crippen LogP contribution in [0.25, 0.3) is 0 Å². The van der Waals surface area contributed by atoms with Crippen LogP contribution in [0, 0.1) is 5.92 Å². The Hall–Kier alpha value is -6.77. The van der Waals surface area contributed by atoms with E-state index in [1.807, 2.05) is 29.0 Å².